The van der Waals surface area contributed by atoms with Crippen molar-refractivity contribution in [2.24, 2.45) is 11.8 Å². The van der Waals surface area contributed by atoms with Gasteiger partial charge in [0.2, 0.25) is 0 Å². The molecule has 1 aliphatic carbocycles. The van der Waals surface area contributed by atoms with E-state index in [9.17, 15) is 14.7 Å². The topological polar surface area (TPSA) is 84.9 Å². The van der Waals surface area contributed by atoms with Crippen LogP contribution in [-0.4, -0.2) is 34.8 Å². The smallest absolute Gasteiger partial charge is 0.356 e. The standard InChI is InChI=1S/C18H25NO5/c1-11-10-13(11)14(15(20)17(22)23-18(2,3)4)19-24-16(21)12-8-6-5-7-9-12/h5-9,11,13-15,19-20H,10H2,1-4H3/t11-,13-,14-,15+/m0/s1. The van der Waals surface area contributed by atoms with Crippen LogP contribution in [0.3, 0.4) is 0 Å². The lowest BCUT2D eigenvalue weighted by Gasteiger charge is -2.26. The number of benzene rings is 1. The molecule has 2 rings (SSSR count). The molecule has 0 aliphatic heterocycles. The monoisotopic (exact) mass is 335 g/mol. The van der Waals surface area contributed by atoms with E-state index < -0.39 is 29.7 Å². The van der Waals surface area contributed by atoms with Crippen molar-refractivity contribution in [1.29, 1.82) is 0 Å². The average Bonchev–Trinajstić information content (AvgIpc) is 3.22. The van der Waals surface area contributed by atoms with Crippen LogP contribution in [0, 0.1) is 11.8 Å². The predicted molar refractivity (Wildman–Crippen MR) is 87.9 cm³/mol. The number of hydrogen-bond acceptors (Lipinski definition) is 6. The van der Waals surface area contributed by atoms with E-state index in [0.717, 1.165) is 6.42 Å². The maximum absolute atomic E-state index is 12.1. The van der Waals surface area contributed by atoms with Crippen molar-refractivity contribution >= 4 is 11.9 Å². The number of aliphatic hydroxyl groups excluding tert-OH is 1. The number of carbonyl (C=O) groups excluding carboxylic acids is 2. The summed E-state index contributed by atoms with van der Waals surface area (Å²) in [5.41, 5.74) is 2.27. The molecule has 1 fully saturated rings. The van der Waals surface area contributed by atoms with E-state index in [1.165, 1.54) is 0 Å². The van der Waals surface area contributed by atoms with Gasteiger partial charge >= 0.3 is 11.9 Å². The number of hydroxylamine groups is 1. The van der Waals surface area contributed by atoms with Gasteiger partial charge in [0.05, 0.1) is 11.6 Å². The highest BCUT2D eigenvalue weighted by Gasteiger charge is 2.46. The molecule has 0 heterocycles. The Balaban J connectivity index is 1.99. The van der Waals surface area contributed by atoms with Gasteiger partial charge in [-0.1, -0.05) is 25.1 Å². The van der Waals surface area contributed by atoms with E-state index >= 15 is 0 Å². The van der Waals surface area contributed by atoms with Crippen molar-refractivity contribution < 1.29 is 24.3 Å². The summed E-state index contributed by atoms with van der Waals surface area (Å²) in [6, 6.07) is 7.82. The van der Waals surface area contributed by atoms with Crippen molar-refractivity contribution in [2.45, 2.75) is 51.9 Å². The second-order valence-corrected chi connectivity index (χ2v) is 7.25. The van der Waals surface area contributed by atoms with Crippen LogP contribution < -0.4 is 5.48 Å². The Kier molecular flexibility index (Phi) is 5.62. The van der Waals surface area contributed by atoms with Crippen molar-refractivity contribution in [3.8, 4) is 0 Å². The van der Waals surface area contributed by atoms with Crippen LogP contribution in [0.15, 0.2) is 30.3 Å². The van der Waals surface area contributed by atoms with Crippen LogP contribution in [0.4, 0.5) is 0 Å². The summed E-state index contributed by atoms with van der Waals surface area (Å²) in [5, 5.41) is 10.3. The third kappa shape index (κ3) is 5.04. The first-order valence-electron chi connectivity index (χ1n) is 8.11. The third-order valence-corrected chi connectivity index (χ3v) is 3.92. The number of rotatable bonds is 6. The Hall–Kier alpha value is -1.92. The number of carbonyl (C=O) groups is 2. The number of ether oxygens (including phenoxy) is 1. The van der Waals surface area contributed by atoms with Gasteiger partial charge in [0.25, 0.3) is 0 Å². The second kappa shape index (κ2) is 7.32. The van der Waals surface area contributed by atoms with Crippen molar-refractivity contribution in [2.75, 3.05) is 0 Å². The minimum Gasteiger partial charge on any atom is -0.458 e. The molecule has 0 aromatic heterocycles. The normalized spacial score (nSPS) is 22.4. The molecule has 2 N–H and O–H groups in total. The molecule has 132 valence electrons. The van der Waals surface area contributed by atoms with Gasteiger partial charge in [-0.25, -0.2) is 9.59 Å². The molecule has 0 radical (unpaired) electrons. The molecule has 1 saturated carbocycles. The largest absolute Gasteiger partial charge is 0.458 e. The fraction of sp³-hybridized carbons (Fsp3) is 0.556. The fourth-order valence-electron chi connectivity index (χ4n) is 2.50. The van der Waals surface area contributed by atoms with Gasteiger partial charge in [-0.2, -0.15) is 0 Å². The van der Waals surface area contributed by atoms with Gasteiger partial charge in [0.1, 0.15) is 5.60 Å². The molecule has 1 aromatic carbocycles. The third-order valence-electron chi connectivity index (χ3n) is 3.92. The molecular formula is C18H25NO5. The SMILES string of the molecule is C[C@H]1C[C@@H]1[C@H](NOC(=O)c1ccccc1)[C@@H](O)C(=O)OC(C)(C)C. The molecule has 1 aromatic rings. The summed E-state index contributed by atoms with van der Waals surface area (Å²) < 4.78 is 5.22. The second-order valence-electron chi connectivity index (χ2n) is 7.25. The highest BCUT2D eigenvalue weighted by atomic mass is 16.7. The summed E-state index contributed by atoms with van der Waals surface area (Å²) in [5.74, 6) is -0.897. The number of hydrogen-bond donors (Lipinski definition) is 2. The van der Waals surface area contributed by atoms with Gasteiger partial charge in [0.15, 0.2) is 6.10 Å². The zero-order valence-corrected chi connectivity index (χ0v) is 14.5. The van der Waals surface area contributed by atoms with Gasteiger partial charge in [0, 0.05) is 0 Å². The first-order valence-corrected chi connectivity index (χ1v) is 8.11. The van der Waals surface area contributed by atoms with Crippen LogP contribution >= 0.6 is 0 Å². The lowest BCUT2D eigenvalue weighted by Crippen LogP contribution is -2.49. The summed E-state index contributed by atoms with van der Waals surface area (Å²) in [7, 11) is 0. The van der Waals surface area contributed by atoms with Crippen LogP contribution in [0.25, 0.3) is 0 Å². The maximum atomic E-state index is 12.1. The first-order chi connectivity index (χ1) is 11.2. The van der Waals surface area contributed by atoms with Crippen LogP contribution in [0.2, 0.25) is 0 Å². The Morgan fingerprint density at radius 3 is 2.33 bits per heavy atom. The van der Waals surface area contributed by atoms with Crippen LogP contribution in [-0.2, 0) is 14.4 Å². The summed E-state index contributed by atoms with van der Waals surface area (Å²) in [6.07, 6.45) is -0.553. The molecule has 24 heavy (non-hydrogen) atoms. The Bertz CT molecular complexity index is 581. The first kappa shape index (κ1) is 18.4. The fourth-order valence-corrected chi connectivity index (χ4v) is 2.50. The van der Waals surface area contributed by atoms with Gasteiger partial charge in [-0.3, -0.25) is 0 Å². The Morgan fingerprint density at radius 2 is 1.83 bits per heavy atom. The molecule has 4 atom stereocenters. The number of aliphatic hydroxyl groups is 1. The van der Waals surface area contributed by atoms with Crippen molar-refractivity contribution in [3.63, 3.8) is 0 Å². The molecule has 6 heteroatoms. The number of esters is 1. The van der Waals surface area contributed by atoms with E-state index in [1.54, 1.807) is 51.1 Å². The Labute approximate surface area is 142 Å². The predicted octanol–water partition coefficient (Wildman–Crippen LogP) is 2.08. The molecule has 6 nitrogen and oxygen atoms in total. The minimum atomic E-state index is -1.40. The molecule has 0 amide bonds. The van der Waals surface area contributed by atoms with Crippen molar-refractivity contribution in [1.82, 2.24) is 5.48 Å². The van der Waals surface area contributed by atoms with E-state index in [4.69, 9.17) is 9.57 Å². The highest BCUT2D eigenvalue weighted by Crippen LogP contribution is 2.41. The molecular weight excluding hydrogens is 310 g/mol. The van der Waals surface area contributed by atoms with E-state index in [-0.39, 0.29) is 5.92 Å². The quantitative estimate of drug-likeness (QED) is 0.611. The molecule has 0 spiro atoms. The average molecular weight is 335 g/mol. The molecule has 0 saturated heterocycles. The zero-order valence-electron chi connectivity index (χ0n) is 14.5. The van der Waals surface area contributed by atoms with Gasteiger partial charge in [-0.05, 0) is 51.2 Å². The summed E-state index contributed by atoms with van der Waals surface area (Å²) in [4.78, 5) is 29.2. The van der Waals surface area contributed by atoms with E-state index in [2.05, 4.69) is 5.48 Å². The molecule has 1 aliphatic rings. The van der Waals surface area contributed by atoms with Crippen molar-refractivity contribution in [3.05, 3.63) is 35.9 Å². The minimum absolute atomic E-state index is 0.0519. The summed E-state index contributed by atoms with van der Waals surface area (Å²) >= 11 is 0. The molecule has 0 bridgehead atoms. The highest BCUT2D eigenvalue weighted by molar-refractivity contribution is 5.89. The Morgan fingerprint density at radius 1 is 1.25 bits per heavy atom. The lowest BCUT2D eigenvalue weighted by molar-refractivity contribution is -0.169. The van der Waals surface area contributed by atoms with E-state index in [0.29, 0.717) is 11.5 Å². The lowest BCUT2D eigenvalue weighted by atomic mass is 10.1. The number of nitrogens with one attached hydrogen (secondary N) is 1. The van der Waals surface area contributed by atoms with Gasteiger partial charge in [-0.15, -0.1) is 5.48 Å². The van der Waals surface area contributed by atoms with Crippen LogP contribution in [0.5, 0.6) is 0 Å². The maximum Gasteiger partial charge on any atom is 0.356 e. The molecule has 0 unspecified atom stereocenters. The van der Waals surface area contributed by atoms with Crippen LogP contribution in [0.1, 0.15) is 44.5 Å². The zero-order chi connectivity index (χ0) is 17.9. The summed E-state index contributed by atoms with van der Waals surface area (Å²) in [6.45, 7) is 7.21. The van der Waals surface area contributed by atoms with Gasteiger partial charge < -0.3 is 14.7 Å². The van der Waals surface area contributed by atoms with E-state index in [1.807, 2.05) is 6.92 Å².